The zero-order valence-electron chi connectivity index (χ0n) is 12.4. The van der Waals surface area contributed by atoms with E-state index in [9.17, 15) is 4.39 Å². The molecule has 112 valence electrons. The van der Waals surface area contributed by atoms with Crippen molar-refractivity contribution in [1.29, 1.82) is 0 Å². The van der Waals surface area contributed by atoms with E-state index in [4.69, 9.17) is 5.73 Å². The van der Waals surface area contributed by atoms with Gasteiger partial charge in [0.1, 0.15) is 5.82 Å². The normalized spacial score (nSPS) is 23.6. The Kier molecular flexibility index (Phi) is 4.17. The van der Waals surface area contributed by atoms with Crippen LogP contribution < -0.4 is 5.73 Å². The minimum absolute atomic E-state index is 0.201. The second-order valence-electron chi connectivity index (χ2n) is 6.06. The summed E-state index contributed by atoms with van der Waals surface area (Å²) in [5.41, 5.74) is 7.70. The Bertz CT molecular complexity index is 628. The summed E-state index contributed by atoms with van der Waals surface area (Å²) < 4.78 is 13.9. The molecule has 3 nitrogen and oxygen atoms in total. The summed E-state index contributed by atoms with van der Waals surface area (Å²) in [5, 5.41) is 0.607. The molecular formula is C17H22FN3. The monoisotopic (exact) mass is 287 g/mol. The van der Waals surface area contributed by atoms with E-state index in [2.05, 4.69) is 16.8 Å². The molecule has 2 atom stereocenters. The Labute approximate surface area is 125 Å². The summed E-state index contributed by atoms with van der Waals surface area (Å²) in [6, 6.07) is 7.53. The molecule has 0 radical (unpaired) electrons. The van der Waals surface area contributed by atoms with E-state index >= 15 is 0 Å². The van der Waals surface area contributed by atoms with Crippen molar-refractivity contribution in [3.63, 3.8) is 0 Å². The molecule has 0 aliphatic carbocycles. The molecule has 3 rings (SSSR count). The van der Waals surface area contributed by atoms with Gasteiger partial charge in [0.25, 0.3) is 0 Å². The van der Waals surface area contributed by atoms with Gasteiger partial charge in [-0.25, -0.2) is 4.39 Å². The van der Waals surface area contributed by atoms with Crippen LogP contribution in [0, 0.1) is 11.7 Å². The van der Waals surface area contributed by atoms with Crippen LogP contribution in [0.3, 0.4) is 0 Å². The van der Waals surface area contributed by atoms with Crippen LogP contribution in [0.4, 0.5) is 4.39 Å². The molecule has 1 aliphatic heterocycles. The standard InChI is InChI=1S/C17H22FN3/c1-12-4-5-13(9-19)10-21(12)11-14-6-7-16(18)15-3-2-8-20-17(14)15/h2-3,6-8,12-13H,4-5,9-11,19H2,1H3. The highest BCUT2D eigenvalue weighted by atomic mass is 19.1. The minimum Gasteiger partial charge on any atom is -0.330 e. The van der Waals surface area contributed by atoms with Gasteiger partial charge < -0.3 is 5.73 Å². The van der Waals surface area contributed by atoms with Gasteiger partial charge in [0.05, 0.1) is 5.52 Å². The number of aromatic nitrogens is 1. The predicted octanol–water partition coefficient (Wildman–Crippen LogP) is 2.93. The van der Waals surface area contributed by atoms with E-state index in [0.717, 1.165) is 30.7 Å². The summed E-state index contributed by atoms with van der Waals surface area (Å²) in [4.78, 5) is 6.83. The number of hydrogen-bond acceptors (Lipinski definition) is 3. The molecule has 2 aromatic rings. The van der Waals surface area contributed by atoms with Crippen molar-refractivity contribution in [3.8, 4) is 0 Å². The van der Waals surface area contributed by atoms with Crippen molar-refractivity contribution in [2.24, 2.45) is 11.7 Å². The minimum atomic E-state index is -0.201. The van der Waals surface area contributed by atoms with Crippen LogP contribution in [0.2, 0.25) is 0 Å². The first-order valence-electron chi connectivity index (χ1n) is 7.65. The lowest BCUT2D eigenvalue weighted by atomic mass is 9.93. The van der Waals surface area contributed by atoms with Crippen LogP contribution in [-0.2, 0) is 6.54 Å². The third-order valence-corrected chi connectivity index (χ3v) is 4.62. The SMILES string of the molecule is CC1CCC(CN)CN1Cc1ccc(F)c2cccnc12. The molecule has 1 aliphatic rings. The molecule has 0 bridgehead atoms. The van der Waals surface area contributed by atoms with Crippen LogP contribution >= 0.6 is 0 Å². The number of hydrogen-bond donors (Lipinski definition) is 1. The molecule has 21 heavy (non-hydrogen) atoms. The molecule has 2 heterocycles. The number of pyridine rings is 1. The number of halogens is 1. The molecule has 2 N–H and O–H groups in total. The molecule has 4 heteroatoms. The molecule has 1 fully saturated rings. The zero-order valence-corrected chi connectivity index (χ0v) is 12.4. The number of piperidine rings is 1. The Balaban J connectivity index is 1.89. The van der Waals surface area contributed by atoms with Crippen LogP contribution in [0.25, 0.3) is 10.9 Å². The summed E-state index contributed by atoms with van der Waals surface area (Å²) in [5.74, 6) is 0.370. The first-order valence-corrected chi connectivity index (χ1v) is 7.65. The van der Waals surface area contributed by atoms with Crippen molar-refractivity contribution in [2.75, 3.05) is 13.1 Å². The van der Waals surface area contributed by atoms with Gasteiger partial charge >= 0.3 is 0 Å². The van der Waals surface area contributed by atoms with Gasteiger partial charge in [-0.15, -0.1) is 0 Å². The molecule has 1 saturated heterocycles. The van der Waals surface area contributed by atoms with Gasteiger partial charge in [0, 0.05) is 30.7 Å². The topological polar surface area (TPSA) is 42.1 Å². The largest absolute Gasteiger partial charge is 0.330 e. The predicted molar refractivity (Wildman–Crippen MR) is 83.4 cm³/mol. The van der Waals surface area contributed by atoms with Crippen LogP contribution in [0.15, 0.2) is 30.5 Å². The third-order valence-electron chi connectivity index (χ3n) is 4.62. The maximum Gasteiger partial charge on any atom is 0.132 e. The molecule has 2 unspecified atom stereocenters. The van der Waals surface area contributed by atoms with E-state index in [0.29, 0.717) is 17.3 Å². The maximum atomic E-state index is 13.9. The maximum absolute atomic E-state index is 13.9. The van der Waals surface area contributed by atoms with Crippen molar-refractivity contribution in [2.45, 2.75) is 32.4 Å². The number of likely N-dealkylation sites (tertiary alicyclic amines) is 1. The molecule has 0 spiro atoms. The summed E-state index contributed by atoms with van der Waals surface area (Å²) in [7, 11) is 0. The van der Waals surface area contributed by atoms with Crippen LogP contribution in [-0.4, -0.2) is 29.0 Å². The second-order valence-corrected chi connectivity index (χ2v) is 6.06. The van der Waals surface area contributed by atoms with Crippen molar-refractivity contribution >= 4 is 10.9 Å². The first-order chi connectivity index (χ1) is 10.2. The average Bonchev–Trinajstić information content (AvgIpc) is 2.52. The van der Waals surface area contributed by atoms with Crippen molar-refractivity contribution in [3.05, 3.63) is 41.8 Å². The third kappa shape index (κ3) is 2.92. The Hall–Kier alpha value is -1.52. The van der Waals surface area contributed by atoms with E-state index < -0.39 is 0 Å². The lowest BCUT2D eigenvalue weighted by Crippen LogP contribution is -2.43. The quantitative estimate of drug-likeness (QED) is 0.943. The van der Waals surface area contributed by atoms with Gasteiger partial charge in [0.2, 0.25) is 0 Å². The van der Waals surface area contributed by atoms with Crippen molar-refractivity contribution in [1.82, 2.24) is 9.88 Å². The highest BCUT2D eigenvalue weighted by Crippen LogP contribution is 2.26. The number of benzene rings is 1. The Morgan fingerprint density at radius 3 is 3.00 bits per heavy atom. The fourth-order valence-corrected chi connectivity index (χ4v) is 3.22. The number of rotatable bonds is 3. The van der Waals surface area contributed by atoms with Crippen LogP contribution in [0.1, 0.15) is 25.3 Å². The highest BCUT2D eigenvalue weighted by molar-refractivity contribution is 5.82. The van der Waals surface area contributed by atoms with Crippen LogP contribution in [0.5, 0.6) is 0 Å². The molecular weight excluding hydrogens is 265 g/mol. The van der Waals surface area contributed by atoms with E-state index in [1.807, 2.05) is 6.07 Å². The smallest absolute Gasteiger partial charge is 0.132 e. The Morgan fingerprint density at radius 2 is 2.19 bits per heavy atom. The fourth-order valence-electron chi connectivity index (χ4n) is 3.22. The lowest BCUT2D eigenvalue weighted by molar-refractivity contribution is 0.114. The molecule has 1 aromatic heterocycles. The second kappa shape index (κ2) is 6.08. The van der Waals surface area contributed by atoms with E-state index in [1.54, 1.807) is 24.4 Å². The number of nitrogens with two attached hydrogens (primary N) is 1. The summed E-state index contributed by atoms with van der Waals surface area (Å²) in [6.45, 7) is 4.83. The fraction of sp³-hybridized carbons (Fsp3) is 0.471. The van der Waals surface area contributed by atoms with Gasteiger partial charge in [0.15, 0.2) is 0 Å². The first kappa shape index (κ1) is 14.4. The van der Waals surface area contributed by atoms with Crippen molar-refractivity contribution < 1.29 is 4.39 Å². The molecule has 0 amide bonds. The lowest BCUT2D eigenvalue weighted by Gasteiger charge is -2.37. The number of fused-ring (bicyclic) bond motifs is 1. The van der Waals surface area contributed by atoms with Gasteiger partial charge in [-0.2, -0.15) is 0 Å². The average molecular weight is 287 g/mol. The van der Waals surface area contributed by atoms with Gasteiger partial charge in [-0.05, 0) is 56.0 Å². The molecule has 1 aromatic carbocycles. The van der Waals surface area contributed by atoms with E-state index in [1.165, 1.54) is 12.8 Å². The molecule has 0 saturated carbocycles. The van der Waals surface area contributed by atoms with Gasteiger partial charge in [-0.3, -0.25) is 9.88 Å². The summed E-state index contributed by atoms with van der Waals surface area (Å²) >= 11 is 0. The van der Waals surface area contributed by atoms with E-state index in [-0.39, 0.29) is 5.82 Å². The number of nitrogens with zero attached hydrogens (tertiary/aromatic N) is 2. The van der Waals surface area contributed by atoms with Gasteiger partial charge in [-0.1, -0.05) is 6.07 Å². The Morgan fingerprint density at radius 1 is 1.33 bits per heavy atom. The highest BCUT2D eigenvalue weighted by Gasteiger charge is 2.25. The zero-order chi connectivity index (χ0) is 14.8. The summed E-state index contributed by atoms with van der Waals surface area (Å²) in [6.07, 6.45) is 4.11.